The maximum absolute atomic E-state index is 11.8. The summed E-state index contributed by atoms with van der Waals surface area (Å²) in [6.07, 6.45) is 3.50. The number of aromatic nitrogens is 3. The molecule has 4 N–H and O–H groups in total. The van der Waals surface area contributed by atoms with Crippen molar-refractivity contribution in [3.8, 4) is 28.3 Å². The molecule has 0 radical (unpaired) electrons. The smallest absolute Gasteiger partial charge is 0.223 e. The average molecular weight is 363 g/mol. The number of fused-ring (bicyclic) bond motifs is 1. The second-order valence-corrected chi connectivity index (χ2v) is 6.30. The number of pyridine rings is 2. The van der Waals surface area contributed by atoms with Crippen molar-refractivity contribution in [3.63, 3.8) is 0 Å². The summed E-state index contributed by atoms with van der Waals surface area (Å²) in [7, 11) is 0. The first-order chi connectivity index (χ1) is 13.0. The van der Waals surface area contributed by atoms with Gasteiger partial charge in [-0.1, -0.05) is 12.1 Å². The van der Waals surface area contributed by atoms with E-state index in [1.807, 2.05) is 12.1 Å². The molecule has 0 aliphatic rings. The van der Waals surface area contributed by atoms with Gasteiger partial charge in [0.05, 0.1) is 24.2 Å². The molecule has 1 atom stereocenters. The zero-order valence-electron chi connectivity index (χ0n) is 14.4. The Morgan fingerprint density at radius 1 is 1.15 bits per heavy atom. The van der Waals surface area contributed by atoms with Crippen molar-refractivity contribution in [3.05, 3.63) is 70.9 Å². The zero-order chi connectivity index (χ0) is 19.1. The number of aliphatic hydroxyl groups excluding tert-OH is 1. The minimum absolute atomic E-state index is 0.0396. The summed E-state index contributed by atoms with van der Waals surface area (Å²) in [5, 5.41) is 31.0. The van der Waals surface area contributed by atoms with Crippen LogP contribution in [0.5, 0.6) is 11.5 Å². The highest BCUT2D eigenvalue weighted by atomic mass is 16.3. The van der Waals surface area contributed by atoms with Crippen LogP contribution in [-0.2, 0) is 0 Å². The lowest BCUT2D eigenvalue weighted by molar-refractivity contribution is 0.191. The predicted octanol–water partition coefficient (Wildman–Crippen LogP) is 2.85. The van der Waals surface area contributed by atoms with Gasteiger partial charge in [-0.3, -0.25) is 4.79 Å². The van der Waals surface area contributed by atoms with E-state index >= 15 is 0 Å². The van der Waals surface area contributed by atoms with Gasteiger partial charge < -0.3 is 24.9 Å². The number of benzene rings is 1. The summed E-state index contributed by atoms with van der Waals surface area (Å²) in [4.78, 5) is 18.9. The minimum atomic E-state index is -0.910. The molecular weight excluding hydrogens is 346 g/mol. The fourth-order valence-corrected chi connectivity index (χ4v) is 3.20. The molecule has 27 heavy (non-hydrogen) atoms. The Morgan fingerprint density at radius 2 is 1.96 bits per heavy atom. The second-order valence-electron chi connectivity index (χ2n) is 6.30. The lowest BCUT2D eigenvalue weighted by atomic mass is 10.0. The van der Waals surface area contributed by atoms with E-state index in [0.717, 1.165) is 10.9 Å². The Labute approximate surface area is 153 Å². The second kappa shape index (κ2) is 6.30. The van der Waals surface area contributed by atoms with Crippen LogP contribution in [-0.4, -0.2) is 29.9 Å². The molecule has 0 amide bonds. The van der Waals surface area contributed by atoms with Gasteiger partial charge in [-0.05, 0) is 30.7 Å². The molecule has 7 nitrogen and oxygen atoms in total. The Morgan fingerprint density at radius 3 is 2.74 bits per heavy atom. The van der Waals surface area contributed by atoms with Crippen LogP contribution in [0.1, 0.15) is 18.7 Å². The van der Waals surface area contributed by atoms with Crippen molar-refractivity contribution < 1.29 is 15.3 Å². The molecule has 0 saturated heterocycles. The molecule has 4 rings (SSSR count). The Hall–Kier alpha value is -3.58. The van der Waals surface area contributed by atoms with E-state index in [1.54, 1.807) is 35.9 Å². The lowest BCUT2D eigenvalue weighted by Gasteiger charge is -2.17. The fourth-order valence-electron chi connectivity index (χ4n) is 3.20. The number of nitrogens with zero attached hydrogens (tertiary/aromatic N) is 2. The van der Waals surface area contributed by atoms with Crippen LogP contribution in [0.4, 0.5) is 0 Å². The van der Waals surface area contributed by atoms with Crippen LogP contribution in [0.3, 0.4) is 0 Å². The number of aliphatic hydroxyl groups is 1. The average Bonchev–Trinajstić information content (AvgIpc) is 3.12. The van der Waals surface area contributed by atoms with Crippen LogP contribution >= 0.6 is 0 Å². The third kappa shape index (κ3) is 2.84. The van der Waals surface area contributed by atoms with Crippen molar-refractivity contribution in [2.45, 2.75) is 13.0 Å². The quantitative estimate of drug-likeness (QED) is 0.447. The summed E-state index contributed by atoms with van der Waals surface area (Å²) in [5.74, 6) is -0.373. The first-order valence-corrected chi connectivity index (χ1v) is 8.35. The van der Waals surface area contributed by atoms with Gasteiger partial charge in [-0.25, -0.2) is 4.98 Å². The fraction of sp³-hybridized carbons (Fsp3) is 0.100. The van der Waals surface area contributed by atoms with Crippen molar-refractivity contribution in [2.75, 3.05) is 0 Å². The summed E-state index contributed by atoms with van der Waals surface area (Å²) in [6, 6.07) is 10.3. The maximum Gasteiger partial charge on any atom is 0.223 e. The first-order valence-electron chi connectivity index (χ1n) is 8.35. The van der Waals surface area contributed by atoms with Gasteiger partial charge in [0.1, 0.15) is 11.4 Å². The van der Waals surface area contributed by atoms with Gasteiger partial charge in [0.2, 0.25) is 5.43 Å². The number of nitrogens with one attached hydrogen (secondary N) is 1. The van der Waals surface area contributed by atoms with Gasteiger partial charge in [-0.15, -0.1) is 0 Å². The molecule has 0 spiro atoms. The molecule has 136 valence electrons. The Bertz CT molecular complexity index is 1210. The summed E-state index contributed by atoms with van der Waals surface area (Å²) in [5.41, 5.74) is 2.41. The van der Waals surface area contributed by atoms with Crippen LogP contribution in [0.15, 0.2) is 59.8 Å². The third-order valence-corrected chi connectivity index (χ3v) is 4.47. The predicted molar refractivity (Wildman–Crippen MR) is 101 cm³/mol. The molecule has 3 heterocycles. The number of aromatic amines is 1. The molecule has 3 aromatic heterocycles. The molecule has 0 aliphatic heterocycles. The van der Waals surface area contributed by atoms with E-state index in [0.29, 0.717) is 22.6 Å². The van der Waals surface area contributed by atoms with Crippen LogP contribution in [0.25, 0.3) is 27.8 Å². The summed E-state index contributed by atoms with van der Waals surface area (Å²) in [6.45, 7) is 1.55. The van der Waals surface area contributed by atoms with Crippen molar-refractivity contribution in [1.29, 1.82) is 0 Å². The SMILES string of the molecule is CC(O)c1cc(=O)c(O)cn1-c1cccc(-c2c(O)cnc3[nH]ccc23)c1. The van der Waals surface area contributed by atoms with E-state index in [9.17, 15) is 20.1 Å². The summed E-state index contributed by atoms with van der Waals surface area (Å²) >= 11 is 0. The molecule has 0 saturated carbocycles. The topological polar surface area (TPSA) is 111 Å². The van der Waals surface area contributed by atoms with Crippen molar-refractivity contribution in [2.24, 2.45) is 0 Å². The molecule has 7 heteroatoms. The number of H-pyrrole nitrogens is 1. The van der Waals surface area contributed by atoms with Crippen LogP contribution < -0.4 is 5.43 Å². The maximum atomic E-state index is 11.8. The highest BCUT2D eigenvalue weighted by molar-refractivity contribution is 5.96. The highest BCUT2D eigenvalue weighted by Crippen LogP contribution is 2.36. The monoisotopic (exact) mass is 363 g/mol. The normalized spacial score (nSPS) is 12.4. The van der Waals surface area contributed by atoms with Crippen molar-refractivity contribution in [1.82, 2.24) is 14.5 Å². The van der Waals surface area contributed by atoms with Gasteiger partial charge in [0.15, 0.2) is 5.75 Å². The molecule has 0 fully saturated rings. The largest absolute Gasteiger partial charge is 0.506 e. The van der Waals surface area contributed by atoms with Crippen LogP contribution in [0.2, 0.25) is 0 Å². The van der Waals surface area contributed by atoms with E-state index in [2.05, 4.69) is 9.97 Å². The van der Waals surface area contributed by atoms with Gasteiger partial charge >= 0.3 is 0 Å². The molecule has 4 aromatic rings. The number of hydrogen-bond donors (Lipinski definition) is 4. The third-order valence-electron chi connectivity index (χ3n) is 4.47. The summed E-state index contributed by atoms with van der Waals surface area (Å²) < 4.78 is 1.55. The first kappa shape index (κ1) is 16.9. The van der Waals surface area contributed by atoms with Gasteiger partial charge in [-0.2, -0.15) is 0 Å². The number of rotatable bonds is 3. The van der Waals surface area contributed by atoms with Gasteiger partial charge in [0.25, 0.3) is 0 Å². The molecule has 0 aliphatic carbocycles. The molecule has 1 aromatic carbocycles. The molecule has 0 bridgehead atoms. The van der Waals surface area contributed by atoms with E-state index < -0.39 is 17.3 Å². The lowest BCUT2D eigenvalue weighted by Crippen LogP contribution is -2.13. The molecular formula is C20H17N3O4. The Kier molecular flexibility index (Phi) is 3.93. The standard InChI is InChI=1S/C20H17N3O4/c1-11(24)15-8-16(25)18(27)10-23(15)13-4-2-3-12(7-13)19-14-5-6-21-20(14)22-9-17(19)26/h2-11,24,26-27H,1H3,(H,21,22). The van der Waals surface area contributed by atoms with E-state index in [4.69, 9.17) is 0 Å². The van der Waals surface area contributed by atoms with Crippen LogP contribution in [0, 0.1) is 0 Å². The van der Waals surface area contributed by atoms with E-state index in [1.165, 1.54) is 18.5 Å². The number of hydrogen-bond acceptors (Lipinski definition) is 5. The number of aromatic hydroxyl groups is 2. The van der Waals surface area contributed by atoms with E-state index in [-0.39, 0.29) is 5.75 Å². The van der Waals surface area contributed by atoms with Gasteiger partial charge in [0, 0.05) is 28.9 Å². The molecule has 1 unspecified atom stereocenters. The highest BCUT2D eigenvalue weighted by Gasteiger charge is 2.15. The minimum Gasteiger partial charge on any atom is -0.506 e. The zero-order valence-corrected chi connectivity index (χ0v) is 14.4. The van der Waals surface area contributed by atoms with Crippen molar-refractivity contribution >= 4 is 11.0 Å². The Balaban J connectivity index is 1.95.